The fourth-order valence-corrected chi connectivity index (χ4v) is 1.71. The predicted molar refractivity (Wildman–Crippen MR) is 70.2 cm³/mol. The maximum atomic E-state index is 12.8. The fraction of sp³-hybridized carbons (Fsp3) is 0.125. The van der Waals surface area contributed by atoms with Crippen molar-refractivity contribution in [1.82, 2.24) is 0 Å². The molecule has 2 heteroatoms. The first-order chi connectivity index (χ1) is 8.65. The van der Waals surface area contributed by atoms with Crippen molar-refractivity contribution in [2.45, 2.75) is 12.8 Å². The summed E-state index contributed by atoms with van der Waals surface area (Å²) in [4.78, 5) is 0. The Morgan fingerprint density at radius 3 is 1.89 bits per heavy atom. The van der Waals surface area contributed by atoms with Crippen LogP contribution in [-0.4, -0.2) is 0 Å². The van der Waals surface area contributed by atoms with E-state index in [9.17, 15) is 8.78 Å². The van der Waals surface area contributed by atoms with E-state index < -0.39 is 0 Å². The molecule has 0 saturated carbocycles. The smallest absolute Gasteiger partial charge is 0.123 e. The van der Waals surface area contributed by atoms with Crippen molar-refractivity contribution in [3.8, 4) is 0 Å². The highest BCUT2D eigenvalue weighted by Crippen LogP contribution is 2.18. The van der Waals surface area contributed by atoms with E-state index >= 15 is 0 Å². The first kappa shape index (κ1) is 12.5. The maximum absolute atomic E-state index is 12.8. The molecule has 0 radical (unpaired) electrons. The van der Waals surface area contributed by atoms with Crippen LogP contribution in [0.1, 0.15) is 24.0 Å². The molecule has 0 fully saturated rings. The van der Waals surface area contributed by atoms with E-state index in [-0.39, 0.29) is 17.6 Å². The minimum Gasteiger partial charge on any atom is -0.207 e. The summed E-state index contributed by atoms with van der Waals surface area (Å²) >= 11 is 0. The lowest BCUT2D eigenvalue weighted by Gasteiger charge is -2.06. The molecule has 0 aliphatic rings. The maximum Gasteiger partial charge on any atom is 0.123 e. The van der Waals surface area contributed by atoms with E-state index in [1.165, 1.54) is 24.3 Å². The van der Waals surface area contributed by atoms with Crippen molar-refractivity contribution in [3.63, 3.8) is 0 Å². The molecule has 1 unspecified atom stereocenters. The van der Waals surface area contributed by atoms with Crippen LogP contribution in [0, 0.1) is 11.6 Å². The molecule has 1 atom stereocenters. The second kappa shape index (κ2) is 5.58. The quantitative estimate of drug-likeness (QED) is 0.728. The number of rotatable bonds is 3. The van der Waals surface area contributed by atoms with E-state index in [2.05, 4.69) is 0 Å². The van der Waals surface area contributed by atoms with Crippen LogP contribution < -0.4 is 0 Å². The molecule has 0 aromatic heterocycles. The van der Waals surface area contributed by atoms with Gasteiger partial charge in [0, 0.05) is 0 Å². The summed E-state index contributed by atoms with van der Waals surface area (Å²) in [6, 6.07) is 12.8. The highest BCUT2D eigenvalue weighted by Gasteiger charge is 2.01. The summed E-state index contributed by atoms with van der Waals surface area (Å²) in [6.07, 6.45) is 3.95. The van der Waals surface area contributed by atoms with Gasteiger partial charge in [-0.25, -0.2) is 8.78 Å². The number of hydrogen-bond donors (Lipinski definition) is 0. The minimum atomic E-state index is -0.237. The highest BCUT2D eigenvalue weighted by atomic mass is 19.1. The summed E-state index contributed by atoms with van der Waals surface area (Å²) in [5, 5.41) is 0. The van der Waals surface area contributed by atoms with Crippen LogP contribution in [0.5, 0.6) is 0 Å². The molecule has 0 spiro atoms. The van der Waals surface area contributed by atoms with Crippen LogP contribution in [0.2, 0.25) is 0 Å². The Morgan fingerprint density at radius 1 is 0.833 bits per heavy atom. The van der Waals surface area contributed by atoms with Crippen LogP contribution in [0.15, 0.2) is 54.6 Å². The number of hydrogen-bond acceptors (Lipinski definition) is 0. The van der Waals surface area contributed by atoms with Crippen molar-refractivity contribution in [2.75, 3.05) is 0 Å². The molecule has 0 amide bonds. The third-order valence-corrected chi connectivity index (χ3v) is 2.84. The molecular weight excluding hydrogens is 230 g/mol. The Balaban J connectivity index is 2.08. The van der Waals surface area contributed by atoms with Crippen LogP contribution in [0.3, 0.4) is 0 Å². The Bertz CT molecular complexity index is 524. The predicted octanol–water partition coefficient (Wildman–Crippen LogP) is 4.78. The Morgan fingerprint density at radius 2 is 1.33 bits per heavy atom. The van der Waals surface area contributed by atoms with Gasteiger partial charge in [-0.15, -0.1) is 0 Å². The molecule has 0 heterocycles. The molecule has 0 N–H and O–H groups in total. The van der Waals surface area contributed by atoms with Gasteiger partial charge in [0.2, 0.25) is 0 Å². The zero-order valence-electron chi connectivity index (χ0n) is 10.1. The van der Waals surface area contributed by atoms with Gasteiger partial charge in [-0.3, -0.25) is 0 Å². The van der Waals surface area contributed by atoms with Crippen molar-refractivity contribution in [1.29, 1.82) is 0 Å². The average Bonchev–Trinajstić information content (AvgIpc) is 2.38. The van der Waals surface area contributed by atoms with E-state index in [0.717, 1.165) is 11.1 Å². The van der Waals surface area contributed by atoms with E-state index in [0.29, 0.717) is 0 Å². The van der Waals surface area contributed by atoms with Gasteiger partial charge in [-0.05, 0) is 41.3 Å². The lowest BCUT2D eigenvalue weighted by molar-refractivity contribution is 0.626. The molecule has 0 bridgehead atoms. The van der Waals surface area contributed by atoms with Gasteiger partial charge in [0.05, 0.1) is 0 Å². The molecule has 2 rings (SSSR count). The monoisotopic (exact) mass is 244 g/mol. The largest absolute Gasteiger partial charge is 0.207 e. The van der Waals surface area contributed by atoms with Crippen molar-refractivity contribution in [2.24, 2.45) is 0 Å². The third kappa shape index (κ3) is 3.27. The standard InChI is InChI=1S/C16H14F2/c1-12(14-6-10-16(18)11-7-14)2-3-13-4-8-15(17)9-5-13/h2-12H,1H3/b3-2+. The van der Waals surface area contributed by atoms with Gasteiger partial charge >= 0.3 is 0 Å². The molecule has 0 saturated heterocycles. The van der Waals surface area contributed by atoms with Crippen molar-refractivity contribution >= 4 is 6.08 Å². The average molecular weight is 244 g/mol. The SMILES string of the molecule is CC(/C=C/c1ccc(F)cc1)c1ccc(F)cc1. The number of allylic oxidation sites excluding steroid dienone is 1. The van der Waals surface area contributed by atoms with Crippen LogP contribution in [-0.2, 0) is 0 Å². The lowest BCUT2D eigenvalue weighted by atomic mass is 10.00. The fourth-order valence-electron chi connectivity index (χ4n) is 1.71. The van der Waals surface area contributed by atoms with E-state index in [4.69, 9.17) is 0 Å². The molecule has 2 aromatic carbocycles. The molecule has 0 aliphatic carbocycles. The molecule has 92 valence electrons. The Kier molecular flexibility index (Phi) is 3.88. The first-order valence-electron chi connectivity index (χ1n) is 5.84. The van der Waals surface area contributed by atoms with E-state index in [1.807, 2.05) is 19.1 Å². The summed E-state index contributed by atoms with van der Waals surface area (Å²) < 4.78 is 25.5. The number of benzene rings is 2. The van der Waals surface area contributed by atoms with Gasteiger partial charge in [0.25, 0.3) is 0 Å². The van der Waals surface area contributed by atoms with Crippen LogP contribution in [0.4, 0.5) is 8.78 Å². The normalized spacial score (nSPS) is 12.8. The second-order valence-electron chi connectivity index (χ2n) is 4.25. The van der Waals surface area contributed by atoms with Crippen molar-refractivity contribution < 1.29 is 8.78 Å². The second-order valence-corrected chi connectivity index (χ2v) is 4.25. The van der Waals surface area contributed by atoms with Crippen molar-refractivity contribution in [3.05, 3.63) is 77.4 Å². The number of halogens is 2. The molecule has 18 heavy (non-hydrogen) atoms. The summed E-state index contributed by atoms with van der Waals surface area (Å²) in [5.41, 5.74) is 2.00. The topological polar surface area (TPSA) is 0 Å². The van der Waals surface area contributed by atoms with Gasteiger partial charge in [0.15, 0.2) is 0 Å². The molecular formula is C16H14F2. The summed E-state index contributed by atoms with van der Waals surface area (Å²) in [5.74, 6) is -0.275. The van der Waals surface area contributed by atoms with Gasteiger partial charge in [0.1, 0.15) is 11.6 Å². The zero-order valence-corrected chi connectivity index (χ0v) is 10.1. The van der Waals surface area contributed by atoms with Crippen LogP contribution >= 0.6 is 0 Å². The third-order valence-electron chi connectivity index (χ3n) is 2.84. The van der Waals surface area contributed by atoms with Gasteiger partial charge in [-0.2, -0.15) is 0 Å². The lowest BCUT2D eigenvalue weighted by Crippen LogP contribution is -1.89. The summed E-state index contributed by atoms with van der Waals surface area (Å²) in [7, 11) is 0. The molecule has 0 nitrogen and oxygen atoms in total. The molecule has 2 aromatic rings. The van der Waals surface area contributed by atoms with Crippen LogP contribution in [0.25, 0.3) is 6.08 Å². The zero-order chi connectivity index (χ0) is 13.0. The molecule has 0 aliphatic heterocycles. The first-order valence-corrected chi connectivity index (χ1v) is 5.84. The Labute approximate surface area is 106 Å². The van der Waals surface area contributed by atoms with Gasteiger partial charge < -0.3 is 0 Å². The highest BCUT2D eigenvalue weighted by molar-refractivity contribution is 5.50. The minimum absolute atomic E-state index is 0.190. The Hall–Kier alpha value is -1.96. The summed E-state index contributed by atoms with van der Waals surface area (Å²) in [6.45, 7) is 2.03. The van der Waals surface area contributed by atoms with Gasteiger partial charge in [-0.1, -0.05) is 43.3 Å². The van der Waals surface area contributed by atoms with E-state index in [1.54, 1.807) is 24.3 Å².